The minimum Gasteiger partial charge on any atom is -0.481 e. The van der Waals surface area contributed by atoms with Crippen LogP contribution in [0.1, 0.15) is 51.2 Å². The number of likely N-dealkylation sites (tertiary alicyclic amines) is 1. The molecule has 1 heterocycles. The summed E-state index contributed by atoms with van der Waals surface area (Å²) in [6.07, 6.45) is 5.01. The number of nitrogen functional groups attached to an aromatic ring is 1. The molecule has 0 saturated carbocycles. The molecule has 0 aliphatic carbocycles. The van der Waals surface area contributed by atoms with Gasteiger partial charge in [-0.05, 0) is 45.1 Å². The summed E-state index contributed by atoms with van der Waals surface area (Å²) in [5.41, 5.74) is 6.33. The first-order chi connectivity index (χ1) is 14.1. The Hall–Kier alpha value is -2.67. The number of hydrogen-bond donors (Lipinski definition) is 3. The second kappa shape index (κ2) is 10.4. The number of aliphatic carboxylic acids is 1. The fraction of sp³-hybridized carbons (Fsp3) is 0.522. The van der Waals surface area contributed by atoms with Crippen molar-refractivity contribution in [1.29, 1.82) is 5.41 Å². The molecule has 1 aromatic carbocycles. The van der Waals surface area contributed by atoms with E-state index >= 15 is 0 Å². The predicted octanol–water partition coefficient (Wildman–Crippen LogP) is 3.13. The third-order valence-corrected chi connectivity index (χ3v) is 5.66. The number of nitrogens with one attached hydrogen (secondary N) is 1. The molecule has 7 nitrogen and oxygen atoms in total. The fourth-order valence-electron chi connectivity index (χ4n) is 3.77. The zero-order valence-electron chi connectivity index (χ0n) is 18.1. The molecule has 0 bridgehead atoms. The molecular formula is C23H33N3O4. The normalized spacial score (nSPS) is 16.6. The van der Waals surface area contributed by atoms with Gasteiger partial charge >= 0.3 is 5.97 Å². The lowest BCUT2D eigenvalue weighted by molar-refractivity contribution is -0.148. The van der Waals surface area contributed by atoms with Crippen LogP contribution in [0.4, 0.5) is 0 Å². The molecule has 4 N–H and O–H groups in total. The molecule has 1 aromatic rings. The molecule has 0 spiro atoms. The summed E-state index contributed by atoms with van der Waals surface area (Å²) < 4.78 is 5.91. The lowest BCUT2D eigenvalue weighted by atomic mass is 9.82. The number of ether oxygens (including phenoxy) is 1. The highest BCUT2D eigenvalue weighted by Gasteiger charge is 2.40. The third-order valence-electron chi connectivity index (χ3n) is 5.66. The van der Waals surface area contributed by atoms with E-state index in [1.54, 1.807) is 12.1 Å². The van der Waals surface area contributed by atoms with Crippen LogP contribution in [0.2, 0.25) is 0 Å². The van der Waals surface area contributed by atoms with Crippen LogP contribution in [0, 0.1) is 16.7 Å². The number of carbonyl (C=O) groups excluding carboxylic acids is 1. The van der Waals surface area contributed by atoms with Gasteiger partial charge in [-0.1, -0.05) is 36.4 Å². The number of carbonyl (C=O) groups is 2. The Morgan fingerprint density at radius 1 is 1.30 bits per heavy atom. The quantitative estimate of drug-likeness (QED) is 0.423. The van der Waals surface area contributed by atoms with Crippen LogP contribution in [0.3, 0.4) is 0 Å². The average Bonchev–Trinajstić information content (AvgIpc) is 2.70. The van der Waals surface area contributed by atoms with Crippen molar-refractivity contribution < 1.29 is 19.4 Å². The minimum atomic E-state index is -0.780. The monoisotopic (exact) mass is 415 g/mol. The zero-order chi connectivity index (χ0) is 22.3. The van der Waals surface area contributed by atoms with E-state index in [1.165, 1.54) is 0 Å². The van der Waals surface area contributed by atoms with E-state index in [0.717, 1.165) is 5.56 Å². The Bertz CT molecular complexity index is 778. The first kappa shape index (κ1) is 23.6. The van der Waals surface area contributed by atoms with Crippen molar-refractivity contribution in [3.8, 4) is 0 Å². The van der Waals surface area contributed by atoms with E-state index in [9.17, 15) is 9.59 Å². The highest BCUT2D eigenvalue weighted by atomic mass is 16.5. The number of nitrogens with two attached hydrogens (primary N) is 1. The Labute approximate surface area is 178 Å². The summed E-state index contributed by atoms with van der Waals surface area (Å²) in [6, 6.07) is 7.32. The lowest BCUT2D eigenvalue weighted by Crippen LogP contribution is -2.50. The summed E-state index contributed by atoms with van der Waals surface area (Å²) in [6.45, 7) is 7.32. The number of amidine groups is 1. The number of piperidine rings is 1. The van der Waals surface area contributed by atoms with Crippen molar-refractivity contribution in [3.05, 3.63) is 41.5 Å². The van der Waals surface area contributed by atoms with Crippen LogP contribution >= 0.6 is 0 Å². The van der Waals surface area contributed by atoms with E-state index in [1.807, 2.05) is 50.0 Å². The Balaban J connectivity index is 2.08. The largest absolute Gasteiger partial charge is 0.481 e. The third kappa shape index (κ3) is 6.16. The molecule has 0 radical (unpaired) electrons. The fourth-order valence-corrected chi connectivity index (χ4v) is 3.77. The van der Waals surface area contributed by atoms with Crippen LogP contribution < -0.4 is 5.73 Å². The first-order valence-corrected chi connectivity index (χ1v) is 10.4. The summed E-state index contributed by atoms with van der Waals surface area (Å²) >= 11 is 0. The Morgan fingerprint density at radius 3 is 2.40 bits per heavy atom. The maximum Gasteiger partial charge on any atom is 0.303 e. The molecule has 2 rings (SSSR count). The average molecular weight is 416 g/mol. The van der Waals surface area contributed by atoms with Gasteiger partial charge in [0.2, 0.25) is 5.91 Å². The van der Waals surface area contributed by atoms with Gasteiger partial charge in [-0.3, -0.25) is 15.0 Å². The van der Waals surface area contributed by atoms with E-state index in [-0.39, 0.29) is 24.1 Å². The van der Waals surface area contributed by atoms with Crippen molar-refractivity contribution in [2.75, 3.05) is 19.7 Å². The highest BCUT2D eigenvalue weighted by Crippen LogP contribution is 2.31. The number of carboxylic acid groups (broad SMARTS) is 1. The zero-order valence-corrected chi connectivity index (χ0v) is 18.1. The number of hydrogen-bond acceptors (Lipinski definition) is 4. The lowest BCUT2D eigenvalue weighted by Gasteiger charge is -2.39. The van der Waals surface area contributed by atoms with E-state index in [4.69, 9.17) is 21.0 Å². The molecule has 1 amide bonds. The second-order valence-corrected chi connectivity index (χ2v) is 8.33. The molecule has 1 unspecified atom stereocenters. The summed E-state index contributed by atoms with van der Waals surface area (Å²) in [4.78, 5) is 26.0. The number of amides is 1. The number of rotatable bonds is 9. The van der Waals surface area contributed by atoms with Crippen molar-refractivity contribution >= 4 is 23.8 Å². The summed E-state index contributed by atoms with van der Waals surface area (Å²) in [5.74, 6) is -0.601. The van der Waals surface area contributed by atoms with Crippen molar-refractivity contribution in [2.45, 2.75) is 46.1 Å². The van der Waals surface area contributed by atoms with Gasteiger partial charge in [-0.15, -0.1) is 0 Å². The molecular weight excluding hydrogens is 382 g/mol. The van der Waals surface area contributed by atoms with Gasteiger partial charge in [-0.25, -0.2) is 0 Å². The van der Waals surface area contributed by atoms with Gasteiger partial charge in [0.05, 0.1) is 11.5 Å². The highest BCUT2D eigenvalue weighted by molar-refractivity contribution is 5.95. The van der Waals surface area contributed by atoms with Gasteiger partial charge in [0, 0.05) is 31.7 Å². The second-order valence-electron chi connectivity index (χ2n) is 8.33. The topological polar surface area (TPSA) is 117 Å². The summed E-state index contributed by atoms with van der Waals surface area (Å²) in [5, 5.41) is 16.4. The molecule has 1 fully saturated rings. The van der Waals surface area contributed by atoms with Crippen LogP contribution in [0.25, 0.3) is 6.08 Å². The SMILES string of the molecule is CCOC(/C=C/c1ccc(C(=N)N)cc1)C(C)(C)C(=O)N1CCC(CC(=O)O)CC1. The maximum atomic E-state index is 13.3. The van der Waals surface area contributed by atoms with Gasteiger partial charge < -0.3 is 20.5 Å². The standard InChI is InChI=1S/C23H33N3O4/c1-4-30-19(10-7-16-5-8-18(9-6-16)21(24)25)23(2,3)22(29)26-13-11-17(12-14-26)15-20(27)28/h5-10,17,19H,4,11-15H2,1-3H3,(H3,24,25)(H,27,28)/b10-7+. The smallest absolute Gasteiger partial charge is 0.303 e. The molecule has 1 aliphatic heterocycles. The van der Waals surface area contributed by atoms with Crippen molar-refractivity contribution in [1.82, 2.24) is 4.90 Å². The minimum absolute atomic E-state index is 0.0197. The first-order valence-electron chi connectivity index (χ1n) is 10.4. The van der Waals surface area contributed by atoms with Crippen LogP contribution in [0.5, 0.6) is 0 Å². The van der Waals surface area contributed by atoms with Crippen LogP contribution in [0.15, 0.2) is 30.3 Å². The van der Waals surface area contributed by atoms with Gasteiger partial charge in [0.25, 0.3) is 0 Å². The van der Waals surface area contributed by atoms with Crippen molar-refractivity contribution in [2.24, 2.45) is 17.1 Å². The van der Waals surface area contributed by atoms with Crippen LogP contribution in [-0.2, 0) is 14.3 Å². The molecule has 164 valence electrons. The molecule has 1 aliphatic rings. The summed E-state index contributed by atoms with van der Waals surface area (Å²) in [7, 11) is 0. The van der Waals surface area contributed by atoms with Crippen molar-refractivity contribution in [3.63, 3.8) is 0 Å². The molecule has 1 atom stereocenters. The molecule has 7 heteroatoms. The Kier molecular flexibility index (Phi) is 8.17. The number of carboxylic acids is 1. The maximum absolute atomic E-state index is 13.3. The van der Waals surface area contributed by atoms with E-state index in [2.05, 4.69) is 0 Å². The molecule has 1 saturated heterocycles. The van der Waals surface area contributed by atoms with Gasteiger partial charge in [0.15, 0.2) is 0 Å². The van der Waals surface area contributed by atoms with Gasteiger partial charge in [0.1, 0.15) is 5.84 Å². The van der Waals surface area contributed by atoms with Gasteiger partial charge in [-0.2, -0.15) is 0 Å². The van der Waals surface area contributed by atoms with Crippen LogP contribution in [-0.4, -0.2) is 53.5 Å². The molecule has 0 aromatic heterocycles. The number of benzene rings is 1. The number of nitrogens with zero attached hydrogens (tertiary/aromatic N) is 1. The van der Waals surface area contributed by atoms with E-state index < -0.39 is 17.5 Å². The van der Waals surface area contributed by atoms with E-state index in [0.29, 0.717) is 38.1 Å². The molecule has 30 heavy (non-hydrogen) atoms. The predicted molar refractivity (Wildman–Crippen MR) is 117 cm³/mol. The Morgan fingerprint density at radius 2 is 1.90 bits per heavy atom.